The molecule has 0 atom stereocenters. The highest BCUT2D eigenvalue weighted by molar-refractivity contribution is 6.12. The van der Waals surface area contributed by atoms with Crippen LogP contribution in [0.2, 0.25) is 0 Å². The Labute approximate surface area is 557 Å². The summed E-state index contributed by atoms with van der Waals surface area (Å²) < 4.78 is 8.63. The molecule has 0 aliphatic heterocycles. The van der Waals surface area contributed by atoms with Gasteiger partial charge in [0.05, 0.1) is 21.9 Å². The number of benzene rings is 15. The molecule has 448 valence electrons. The van der Waals surface area contributed by atoms with Crippen molar-refractivity contribution >= 4 is 32.9 Å². The van der Waals surface area contributed by atoms with Crippen molar-refractivity contribution in [2.24, 2.45) is 0 Å². The second-order valence-electron chi connectivity index (χ2n) is 25.6. The molecule has 0 N–H and O–H groups in total. The van der Waals surface area contributed by atoms with Crippen LogP contribution in [0, 0.1) is 0 Å². The molecule has 19 rings (SSSR count). The van der Waals surface area contributed by atoms with Gasteiger partial charge in [-0.05, 0) is 195 Å². The topological polar surface area (TPSA) is 31.0 Å². The molecule has 96 heavy (non-hydrogen) atoms. The highest BCUT2D eigenvalue weighted by Gasteiger charge is 2.47. The van der Waals surface area contributed by atoms with E-state index in [1.165, 1.54) is 99.8 Å². The first-order valence-corrected chi connectivity index (χ1v) is 33.2. The number of hydrogen-bond acceptors (Lipinski definition) is 2. The van der Waals surface area contributed by atoms with Crippen LogP contribution in [0.4, 0.5) is 0 Å². The molecule has 17 aromatic rings. The van der Waals surface area contributed by atoms with Crippen LogP contribution in [-0.2, 0) is 10.8 Å². The second kappa shape index (κ2) is 22.1. The summed E-state index contributed by atoms with van der Waals surface area (Å²) in [6.45, 7) is 0. The average molecular weight is 1220 g/mol. The zero-order chi connectivity index (χ0) is 63.3. The minimum atomic E-state index is -0.520. The number of aromatic nitrogens is 2. The summed E-state index contributed by atoms with van der Waals surface area (Å²) >= 11 is 0. The third kappa shape index (κ3) is 8.43. The van der Waals surface area contributed by atoms with E-state index in [0.29, 0.717) is 5.89 Å². The van der Waals surface area contributed by atoms with Crippen molar-refractivity contribution in [3.8, 4) is 95.0 Å². The molecule has 0 spiro atoms. The molecule has 2 aromatic heterocycles. The molecule has 0 fully saturated rings. The molecule has 0 amide bonds. The van der Waals surface area contributed by atoms with E-state index in [4.69, 9.17) is 9.40 Å². The van der Waals surface area contributed by atoms with E-state index in [2.05, 4.69) is 344 Å². The van der Waals surface area contributed by atoms with Crippen molar-refractivity contribution in [3.05, 3.63) is 408 Å². The lowest BCUT2D eigenvalue weighted by molar-refractivity contribution is 0.620. The maximum atomic E-state index is 6.16. The van der Waals surface area contributed by atoms with Crippen LogP contribution >= 0.6 is 0 Å². The van der Waals surface area contributed by atoms with Gasteiger partial charge in [0.15, 0.2) is 5.58 Å². The van der Waals surface area contributed by atoms with Crippen LogP contribution in [0.3, 0.4) is 0 Å². The molecule has 15 aromatic carbocycles. The van der Waals surface area contributed by atoms with Gasteiger partial charge in [-0.15, -0.1) is 0 Å². The van der Waals surface area contributed by atoms with Gasteiger partial charge in [-0.3, -0.25) is 0 Å². The Balaban J connectivity index is 0.761. The highest BCUT2D eigenvalue weighted by Crippen LogP contribution is 2.59. The zero-order valence-electron chi connectivity index (χ0n) is 52.4. The van der Waals surface area contributed by atoms with Gasteiger partial charge in [0.2, 0.25) is 5.89 Å². The summed E-state index contributed by atoms with van der Waals surface area (Å²) in [5.41, 5.74) is 31.8. The largest absolute Gasteiger partial charge is 0.436 e. The number of rotatable bonds is 11. The van der Waals surface area contributed by atoms with Gasteiger partial charge in [-0.25, -0.2) is 4.98 Å². The summed E-state index contributed by atoms with van der Waals surface area (Å²) in [4.78, 5) is 4.78. The van der Waals surface area contributed by atoms with Crippen LogP contribution in [0.25, 0.3) is 128 Å². The molecular weight excluding hydrogens is 1160 g/mol. The molecular formula is C93H60N2O. The van der Waals surface area contributed by atoms with Crippen LogP contribution in [0.1, 0.15) is 44.5 Å². The van der Waals surface area contributed by atoms with Crippen LogP contribution in [0.5, 0.6) is 0 Å². The Bertz CT molecular complexity index is 5510. The smallest absolute Gasteiger partial charge is 0.227 e. The summed E-state index contributed by atoms with van der Waals surface area (Å²) in [5.74, 6) is 0.619. The Morgan fingerprint density at radius 2 is 0.573 bits per heavy atom. The Morgan fingerprint density at radius 3 is 1.02 bits per heavy atom. The number of oxazole rings is 1. The fourth-order valence-corrected chi connectivity index (χ4v) is 16.4. The van der Waals surface area contributed by atoms with E-state index >= 15 is 0 Å². The molecule has 0 saturated carbocycles. The van der Waals surface area contributed by atoms with E-state index < -0.39 is 10.8 Å². The Morgan fingerprint density at radius 1 is 0.240 bits per heavy atom. The summed E-state index contributed by atoms with van der Waals surface area (Å²) in [6, 6.07) is 134. The van der Waals surface area contributed by atoms with Gasteiger partial charge >= 0.3 is 0 Å². The SMILES string of the molecule is c1ccc(C2(c3ccccc3)c3ccccc3-c3ccc(-c4ccc5c(c4)c4cc(-c6ccc7c(c6)C(c6ccccc6)(c6ccccc6)c6ccccc6-7)ccc4n5-c4ccc(-c5ccccc5-c5ccccc5-c5ccc(-c6nc7ccccc7o6)cc5)cc4)cc32)cc1. The Hall–Kier alpha value is -12.4. The summed E-state index contributed by atoms with van der Waals surface area (Å²) in [6.07, 6.45) is 0. The molecule has 2 aliphatic rings. The van der Waals surface area contributed by atoms with E-state index in [0.717, 1.165) is 66.8 Å². The Kier molecular flexibility index (Phi) is 12.7. The van der Waals surface area contributed by atoms with E-state index in [9.17, 15) is 0 Å². The van der Waals surface area contributed by atoms with Gasteiger partial charge in [0, 0.05) is 22.0 Å². The second-order valence-corrected chi connectivity index (χ2v) is 25.6. The minimum absolute atomic E-state index is 0.520. The van der Waals surface area contributed by atoms with Gasteiger partial charge in [0.25, 0.3) is 0 Å². The first-order chi connectivity index (χ1) is 47.6. The van der Waals surface area contributed by atoms with Gasteiger partial charge < -0.3 is 8.98 Å². The van der Waals surface area contributed by atoms with E-state index in [1.807, 2.05) is 24.3 Å². The maximum absolute atomic E-state index is 6.16. The van der Waals surface area contributed by atoms with E-state index in [-0.39, 0.29) is 0 Å². The molecule has 0 bridgehead atoms. The number of para-hydroxylation sites is 2. The number of nitrogens with zero attached hydrogens (tertiary/aromatic N) is 2. The highest BCUT2D eigenvalue weighted by atomic mass is 16.3. The summed E-state index contributed by atoms with van der Waals surface area (Å²) in [5, 5.41) is 2.38. The minimum Gasteiger partial charge on any atom is -0.436 e. The zero-order valence-corrected chi connectivity index (χ0v) is 52.4. The molecule has 0 saturated heterocycles. The lowest BCUT2D eigenvalue weighted by Crippen LogP contribution is -2.28. The molecule has 2 aliphatic carbocycles. The van der Waals surface area contributed by atoms with Crippen molar-refractivity contribution in [2.45, 2.75) is 10.8 Å². The summed E-state index contributed by atoms with van der Waals surface area (Å²) in [7, 11) is 0. The lowest BCUT2D eigenvalue weighted by atomic mass is 9.67. The van der Waals surface area contributed by atoms with Crippen LogP contribution < -0.4 is 0 Å². The first kappa shape index (κ1) is 55.2. The van der Waals surface area contributed by atoms with Crippen molar-refractivity contribution in [2.75, 3.05) is 0 Å². The monoisotopic (exact) mass is 1220 g/mol. The van der Waals surface area contributed by atoms with Crippen LogP contribution in [-0.4, -0.2) is 9.55 Å². The van der Waals surface area contributed by atoms with Crippen molar-refractivity contribution in [3.63, 3.8) is 0 Å². The fourth-order valence-electron chi connectivity index (χ4n) is 16.4. The number of fused-ring (bicyclic) bond motifs is 10. The first-order valence-electron chi connectivity index (χ1n) is 33.2. The van der Waals surface area contributed by atoms with Crippen LogP contribution in [0.15, 0.2) is 368 Å². The maximum Gasteiger partial charge on any atom is 0.227 e. The third-order valence-electron chi connectivity index (χ3n) is 20.7. The van der Waals surface area contributed by atoms with Crippen molar-refractivity contribution in [1.82, 2.24) is 9.55 Å². The fraction of sp³-hybridized carbons (Fsp3) is 0.0215. The van der Waals surface area contributed by atoms with Gasteiger partial charge in [-0.2, -0.15) is 0 Å². The lowest BCUT2D eigenvalue weighted by Gasteiger charge is -2.34. The van der Waals surface area contributed by atoms with Gasteiger partial charge in [0.1, 0.15) is 5.52 Å². The van der Waals surface area contributed by atoms with Crippen molar-refractivity contribution in [1.29, 1.82) is 0 Å². The molecule has 0 unspecified atom stereocenters. The number of hydrogen-bond donors (Lipinski definition) is 0. The third-order valence-corrected chi connectivity index (χ3v) is 20.7. The predicted molar refractivity (Wildman–Crippen MR) is 396 cm³/mol. The molecule has 2 heterocycles. The standard InChI is InChI=1S/C93H60N2O/c1-5-23-68(24-6-1)92(69-25-7-2-8-26-69)83-37-19-17-35-77(83)79-53-47-66(59-85(79)92)64-49-55-88-81(57-64)82-58-65(67-48-54-80-78-36-18-20-38-84(78)93(86(80)60-67,70-27-9-3-10-28-70)71-29-11-4-12-30-71)50-56-89(82)95(88)72-51-45-62(46-52-72)74-32-14-16-34-76(74)75-33-15-13-31-73(75)61-41-43-63(44-42-61)91-94-87-39-21-22-40-90(87)96-91/h1-60H. The molecule has 3 nitrogen and oxygen atoms in total. The quantitative estimate of drug-likeness (QED) is 0.129. The molecule has 3 heteroatoms. The molecule has 0 radical (unpaired) electrons. The van der Waals surface area contributed by atoms with Gasteiger partial charge in [-0.1, -0.05) is 291 Å². The predicted octanol–water partition coefficient (Wildman–Crippen LogP) is 23.7. The van der Waals surface area contributed by atoms with E-state index in [1.54, 1.807) is 0 Å². The average Bonchev–Trinajstić information content (AvgIpc) is 1.53. The van der Waals surface area contributed by atoms with Crippen molar-refractivity contribution < 1.29 is 4.42 Å². The normalized spacial score (nSPS) is 13.2.